The van der Waals surface area contributed by atoms with Crippen LogP contribution in [-0.4, -0.2) is 76.7 Å². The summed E-state index contributed by atoms with van der Waals surface area (Å²) in [7, 11) is 1.41. The van der Waals surface area contributed by atoms with E-state index in [-0.39, 0.29) is 24.0 Å². The predicted octanol–water partition coefficient (Wildman–Crippen LogP) is 2.29. The number of benzene rings is 1. The molecule has 39 heavy (non-hydrogen) atoms. The second-order valence-corrected chi connectivity index (χ2v) is 11.7. The van der Waals surface area contributed by atoms with Crippen LogP contribution in [0, 0.1) is 15.4 Å². The highest BCUT2D eigenvalue weighted by molar-refractivity contribution is 14.1. The number of amides is 3. The summed E-state index contributed by atoms with van der Waals surface area (Å²) in [5.74, 6) is -2.54. The van der Waals surface area contributed by atoms with Gasteiger partial charge in [-0.15, -0.1) is 0 Å². The Morgan fingerprint density at radius 2 is 1.74 bits per heavy atom. The minimum atomic E-state index is -1.26. The van der Waals surface area contributed by atoms with E-state index >= 15 is 0 Å². The van der Waals surface area contributed by atoms with Crippen LogP contribution in [0.2, 0.25) is 0 Å². The lowest BCUT2D eigenvalue weighted by Gasteiger charge is -2.31. The highest BCUT2D eigenvalue weighted by Crippen LogP contribution is 2.22. The Morgan fingerprint density at radius 3 is 2.36 bits per heavy atom. The molecule has 10 nitrogen and oxygen atoms in total. The van der Waals surface area contributed by atoms with Crippen molar-refractivity contribution >= 4 is 46.3 Å². The number of rotatable bonds is 3. The number of allylic oxidation sites excluding steroid dienone is 2. The molecule has 0 aromatic heterocycles. The number of hydrogen-bond acceptors (Lipinski definition) is 7. The standard InChI is InChI=1S/C28H40IN3O7/c1-15-9-16(2)11-18(4)39-28(38)19(5)30-26(36)23(13-20-7-8-24(34)21(29)12-20)32(6)27(37)22(14-33)31-25(35)17(3)10-15/h7-9,12,16-19,22-23,33-34H,10-11,13-14H2,1-6H3,(H,30,36)(H,31,35)/b15-9+/t16-,17+,18+,19+,22+,23+/m1/s1. The number of nitrogens with one attached hydrogen (secondary N) is 2. The van der Waals surface area contributed by atoms with E-state index in [0.717, 1.165) is 10.5 Å². The summed E-state index contributed by atoms with van der Waals surface area (Å²) in [6.07, 6.45) is 2.71. The summed E-state index contributed by atoms with van der Waals surface area (Å²) in [5, 5.41) is 25.1. The monoisotopic (exact) mass is 657 g/mol. The molecule has 0 spiro atoms. The van der Waals surface area contributed by atoms with Gasteiger partial charge in [0, 0.05) is 19.4 Å². The van der Waals surface area contributed by atoms with Gasteiger partial charge in [-0.05, 0) is 79.8 Å². The molecule has 216 valence electrons. The van der Waals surface area contributed by atoms with Gasteiger partial charge in [-0.2, -0.15) is 0 Å². The highest BCUT2D eigenvalue weighted by Gasteiger charge is 2.34. The SMILES string of the molecule is C/C1=C\[C@@H](C)C[C@H](C)OC(=O)[C@H](C)NC(=O)[C@H](Cc2ccc(O)c(I)c2)N(C)C(=O)[C@H](CO)NC(=O)[C@@H](C)C1. The van der Waals surface area contributed by atoms with Crippen molar-refractivity contribution in [3.8, 4) is 5.75 Å². The number of cyclic esters (lactones) is 1. The lowest BCUT2D eigenvalue weighted by Crippen LogP contribution is -2.58. The van der Waals surface area contributed by atoms with E-state index in [4.69, 9.17) is 4.74 Å². The molecule has 4 N–H and O–H groups in total. The third kappa shape index (κ3) is 9.48. The molecule has 2 rings (SSSR count). The minimum Gasteiger partial charge on any atom is -0.507 e. The number of phenolic OH excluding ortho intramolecular Hbond substituents is 1. The third-order valence-corrected chi connectivity index (χ3v) is 7.60. The Labute approximate surface area is 243 Å². The Balaban J connectivity index is 2.44. The van der Waals surface area contributed by atoms with Crippen LogP contribution >= 0.6 is 22.6 Å². The summed E-state index contributed by atoms with van der Waals surface area (Å²) in [5.41, 5.74) is 1.65. The van der Waals surface area contributed by atoms with Crippen molar-refractivity contribution in [2.24, 2.45) is 11.8 Å². The number of aliphatic hydroxyl groups is 1. The van der Waals surface area contributed by atoms with Crippen molar-refractivity contribution in [3.05, 3.63) is 39.0 Å². The Bertz CT molecular complexity index is 1090. The van der Waals surface area contributed by atoms with Crippen LogP contribution in [0.15, 0.2) is 29.8 Å². The summed E-state index contributed by atoms with van der Waals surface area (Å²) in [6.45, 7) is 8.31. The number of likely N-dealkylation sites (N-methyl/N-ethyl adjacent to an activating group) is 1. The molecule has 6 atom stereocenters. The van der Waals surface area contributed by atoms with E-state index < -0.39 is 54.5 Å². The lowest BCUT2D eigenvalue weighted by molar-refractivity contribution is -0.153. The first-order valence-electron chi connectivity index (χ1n) is 13.1. The average molecular weight is 658 g/mol. The molecule has 0 bridgehead atoms. The summed E-state index contributed by atoms with van der Waals surface area (Å²) >= 11 is 1.96. The number of aliphatic hydroxyl groups excluding tert-OH is 1. The van der Waals surface area contributed by atoms with Crippen molar-refractivity contribution in [2.75, 3.05) is 13.7 Å². The number of aromatic hydroxyl groups is 1. The fraction of sp³-hybridized carbons (Fsp3) is 0.571. The summed E-state index contributed by atoms with van der Waals surface area (Å²) in [6, 6.07) is 1.50. The molecule has 0 fully saturated rings. The first-order chi connectivity index (χ1) is 18.2. The maximum atomic E-state index is 13.4. The normalized spacial score (nSPS) is 29.8. The number of ether oxygens (including phenoxy) is 1. The van der Waals surface area contributed by atoms with Gasteiger partial charge < -0.3 is 30.5 Å². The quantitative estimate of drug-likeness (QED) is 0.222. The number of hydrogen-bond donors (Lipinski definition) is 4. The lowest BCUT2D eigenvalue weighted by atomic mass is 9.95. The van der Waals surface area contributed by atoms with Crippen LogP contribution in [0.3, 0.4) is 0 Å². The van der Waals surface area contributed by atoms with Crippen molar-refractivity contribution in [3.63, 3.8) is 0 Å². The second-order valence-electron chi connectivity index (χ2n) is 10.5. The molecule has 0 radical (unpaired) electrons. The van der Waals surface area contributed by atoms with Crippen molar-refractivity contribution in [1.29, 1.82) is 0 Å². The molecule has 11 heteroatoms. The molecule has 1 aliphatic rings. The van der Waals surface area contributed by atoms with E-state index in [1.54, 1.807) is 26.0 Å². The Kier molecular flexibility index (Phi) is 12.2. The third-order valence-electron chi connectivity index (χ3n) is 6.73. The maximum absolute atomic E-state index is 13.4. The van der Waals surface area contributed by atoms with Crippen molar-refractivity contribution in [1.82, 2.24) is 15.5 Å². The molecule has 1 aromatic rings. The van der Waals surface area contributed by atoms with Gasteiger partial charge in [-0.25, -0.2) is 4.79 Å². The van der Waals surface area contributed by atoms with Crippen LogP contribution in [-0.2, 0) is 30.3 Å². The zero-order valence-corrected chi connectivity index (χ0v) is 25.5. The van der Waals surface area contributed by atoms with Gasteiger partial charge in [0.1, 0.15) is 23.9 Å². The molecular weight excluding hydrogens is 617 g/mol. The molecule has 0 saturated carbocycles. The van der Waals surface area contributed by atoms with Gasteiger partial charge >= 0.3 is 5.97 Å². The second kappa shape index (κ2) is 14.6. The Morgan fingerprint density at radius 1 is 1.08 bits per heavy atom. The fourth-order valence-electron chi connectivity index (χ4n) is 4.64. The van der Waals surface area contributed by atoms with E-state index in [0.29, 0.717) is 22.0 Å². The number of nitrogens with zero attached hydrogens (tertiary/aromatic N) is 1. The largest absolute Gasteiger partial charge is 0.507 e. The highest BCUT2D eigenvalue weighted by atomic mass is 127. The number of carbonyl (C=O) groups excluding carboxylic acids is 4. The molecular formula is C28H40IN3O7. The van der Waals surface area contributed by atoms with E-state index in [9.17, 15) is 29.4 Å². The number of halogens is 1. The van der Waals surface area contributed by atoms with Gasteiger partial charge in [0.2, 0.25) is 17.7 Å². The van der Waals surface area contributed by atoms with Gasteiger partial charge in [0.25, 0.3) is 0 Å². The maximum Gasteiger partial charge on any atom is 0.328 e. The van der Waals surface area contributed by atoms with Crippen LogP contribution in [0.5, 0.6) is 5.75 Å². The smallest absolute Gasteiger partial charge is 0.328 e. The molecule has 1 heterocycles. The molecule has 0 saturated heterocycles. The molecule has 0 unspecified atom stereocenters. The Hall–Kier alpha value is -2.67. The van der Waals surface area contributed by atoms with Crippen molar-refractivity contribution < 1.29 is 34.1 Å². The van der Waals surface area contributed by atoms with Gasteiger partial charge in [0.15, 0.2) is 0 Å². The van der Waals surface area contributed by atoms with Crippen LogP contribution in [0.25, 0.3) is 0 Å². The molecule has 1 aliphatic heterocycles. The van der Waals surface area contributed by atoms with Crippen molar-refractivity contribution in [2.45, 2.75) is 78.1 Å². The molecule has 3 amide bonds. The van der Waals surface area contributed by atoms with Gasteiger partial charge in [-0.3, -0.25) is 14.4 Å². The minimum absolute atomic E-state index is 0.0620. The number of phenols is 1. The first-order valence-corrected chi connectivity index (χ1v) is 14.1. The number of esters is 1. The van der Waals surface area contributed by atoms with E-state index in [1.165, 1.54) is 20.0 Å². The van der Waals surface area contributed by atoms with Gasteiger partial charge in [-0.1, -0.05) is 31.6 Å². The van der Waals surface area contributed by atoms with Crippen LogP contribution < -0.4 is 10.6 Å². The zero-order chi connectivity index (χ0) is 29.4. The fourth-order valence-corrected chi connectivity index (χ4v) is 5.22. The zero-order valence-electron chi connectivity index (χ0n) is 23.4. The molecule has 0 aliphatic carbocycles. The topological polar surface area (TPSA) is 145 Å². The molecule has 1 aromatic carbocycles. The van der Waals surface area contributed by atoms with Gasteiger partial charge in [0.05, 0.1) is 16.3 Å². The average Bonchev–Trinajstić information content (AvgIpc) is 2.85. The summed E-state index contributed by atoms with van der Waals surface area (Å²) < 4.78 is 6.14. The number of carbonyl (C=O) groups is 4. The van der Waals surface area contributed by atoms with E-state index in [2.05, 4.69) is 10.6 Å². The van der Waals surface area contributed by atoms with Crippen LogP contribution in [0.4, 0.5) is 0 Å². The van der Waals surface area contributed by atoms with Crippen LogP contribution in [0.1, 0.15) is 53.0 Å². The first kappa shape index (κ1) is 32.5. The summed E-state index contributed by atoms with van der Waals surface area (Å²) in [4.78, 5) is 53.7. The van der Waals surface area contributed by atoms with E-state index in [1.807, 2.05) is 42.5 Å². The predicted molar refractivity (Wildman–Crippen MR) is 155 cm³/mol.